The van der Waals surface area contributed by atoms with Gasteiger partial charge in [0, 0.05) is 86.7 Å². The van der Waals surface area contributed by atoms with Gasteiger partial charge in [-0.2, -0.15) is 0 Å². The number of hydrogen-bond donors (Lipinski definition) is 2. The van der Waals surface area contributed by atoms with Crippen LogP contribution in [0.25, 0.3) is 22.3 Å². The molecule has 0 spiro atoms. The minimum Gasteiger partial charge on any atom is -1.00 e. The predicted molar refractivity (Wildman–Crippen MR) is 211 cm³/mol. The fourth-order valence-electron chi connectivity index (χ4n) is 6.03. The van der Waals surface area contributed by atoms with E-state index in [4.69, 9.17) is 9.98 Å². The molecule has 0 aliphatic carbocycles. The van der Waals surface area contributed by atoms with E-state index in [0.29, 0.717) is 0 Å². The average molecular weight is 843 g/mol. The third kappa shape index (κ3) is 11.2. The van der Waals surface area contributed by atoms with Crippen LogP contribution in [-0.2, 0) is 13.1 Å². The zero-order valence-corrected chi connectivity index (χ0v) is 33.0. The Morgan fingerprint density at radius 1 is 0.444 bits per heavy atom. The van der Waals surface area contributed by atoms with E-state index >= 15 is 0 Å². The molecule has 54 heavy (non-hydrogen) atoms. The van der Waals surface area contributed by atoms with Gasteiger partial charge in [0.05, 0.1) is 22.7 Å². The van der Waals surface area contributed by atoms with Gasteiger partial charge < -0.3 is 44.6 Å². The smallest absolute Gasteiger partial charge is 0.169 e. The van der Waals surface area contributed by atoms with E-state index in [-0.39, 0.29) is 34.0 Å². The van der Waals surface area contributed by atoms with E-state index < -0.39 is 0 Å². The Hall–Kier alpha value is -5.58. The highest BCUT2D eigenvalue weighted by molar-refractivity contribution is 5.87. The van der Waals surface area contributed by atoms with Crippen LogP contribution in [0.3, 0.4) is 0 Å². The first kappa shape index (κ1) is 39.6. The zero-order chi connectivity index (χ0) is 35.2. The van der Waals surface area contributed by atoms with E-state index in [1.807, 2.05) is 97.9 Å². The third-order valence-electron chi connectivity index (χ3n) is 8.95. The molecule has 10 heteroatoms. The fourth-order valence-corrected chi connectivity index (χ4v) is 6.03. The van der Waals surface area contributed by atoms with Crippen molar-refractivity contribution in [1.82, 2.24) is 9.97 Å². The molecule has 4 aromatic heterocycles. The first-order valence-corrected chi connectivity index (χ1v) is 17.7. The van der Waals surface area contributed by atoms with Crippen LogP contribution in [0.5, 0.6) is 0 Å². The highest BCUT2D eigenvalue weighted by atomic mass is 79.9. The summed E-state index contributed by atoms with van der Waals surface area (Å²) in [6.07, 6.45) is 27.6. The zero-order valence-electron chi connectivity index (χ0n) is 29.8. The van der Waals surface area contributed by atoms with Crippen LogP contribution < -0.4 is 53.7 Å². The quantitative estimate of drug-likeness (QED) is 0.208. The molecule has 0 radical (unpaired) electrons. The van der Waals surface area contributed by atoms with Crippen molar-refractivity contribution >= 4 is 35.2 Å². The van der Waals surface area contributed by atoms with Gasteiger partial charge in [0.15, 0.2) is 24.8 Å². The van der Waals surface area contributed by atoms with Gasteiger partial charge in [0.25, 0.3) is 0 Å². The molecule has 0 bridgehead atoms. The van der Waals surface area contributed by atoms with E-state index in [9.17, 15) is 0 Å². The minimum atomic E-state index is 0. The molecule has 2 N–H and O–H groups in total. The Balaban J connectivity index is 0.00000280. The standard InChI is InChI=1S/C44H41N8.2BrH/c1-2-10-42-41(9-1)47-31-35(7-5-25-51-27-17-39(18-28-51)37-13-21-45-22-14-37)33-49-43-11-3-4-12-44(43)50-34-36(32-48-42)8-6-26-52-29-19-40(20-30-52)38-15-23-46-24-16-38;;/h1-4,9-24,27-34,45H,5-8,25-26H2;2*1H/q+1;;/p-1/b35-31-,35-33?,36-32?,36-34-,47-31?,47-41?,48-32?,48-42?,49-33?,49-43?,50-34?,50-44?;;. The highest BCUT2D eigenvalue weighted by Gasteiger charge is 2.08. The first-order chi connectivity index (χ1) is 25.8. The molecule has 272 valence electrons. The average Bonchev–Trinajstić information content (AvgIpc) is 3.21. The molecule has 5 heterocycles. The Morgan fingerprint density at radius 2 is 0.815 bits per heavy atom. The molecule has 2 aromatic carbocycles. The summed E-state index contributed by atoms with van der Waals surface area (Å²) in [5.74, 6) is 0. The van der Waals surface area contributed by atoms with Crippen molar-refractivity contribution in [3.05, 3.63) is 170 Å². The number of aryl methyl sites for hydroxylation is 2. The third-order valence-corrected chi connectivity index (χ3v) is 8.95. The van der Waals surface area contributed by atoms with Crippen LogP contribution in [0.4, 0.5) is 22.7 Å². The van der Waals surface area contributed by atoms with Crippen molar-refractivity contribution in [2.24, 2.45) is 9.98 Å². The number of nitrogens with one attached hydrogen (secondary N) is 2. The fraction of sp³-hybridized carbons (Fsp3) is 0.136. The number of benzene rings is 2. The second kappa shape index (κ2) is 20.6. The lowest BCUT2D eigenvalue weighted by Gasteiger charge is -2.11. The van der Waals surface area contributed by atoms with Gasteiger partial charge in [0.1, 0.15) is 13.1 Å². The normalized spacial score (nSPS) is 14.1. The number of aromatic nitrogens is 4. The Kier molecular flexibility index (Phi) is 15.1. The van der Waals surface area contributed by atoms with E-state index in [1.165, 1.54) is 22.3 Å². The molecule has 8 nitrogen and oxygen atoms in total. The van der Waals surface area contributed by atoms with Gasteiger partial charge in [-0.15, -0.1) is 0 Å². The summed E-state index contributed by atoms with van der Waals surface area (Å²) >= 11 is 0. The number of rotatable bonds is 10. The lowest BCUT2D eigenvalue weighted by atomic mass is 10.1. The van der Waals surface area contributed by atoms with Crippen molar-refractivity contribution in [3.8, 4) is 22.3 Å². The molecule has 1 aliphatic heterocycles. The largest absolute Gasteiger partial charge is 1.00 e. The molecule has 1 aliphatic rings. The van der Waals surface area contributed by atoms with Gasteiger partial charge in [-0.25, -0.2) is 9.13 Å². The second-order valence-corrected chi connectivity index (χ2v) is 12.6. The lowest BCUT2D eigenvalue weighted by Crippen LogP contribution is -3.00. The van der Waals surface area contributed by atoms with Gasteiger partial charge in [-0.3, -0.25) is 20.0 Å². The number of pyridine rings is 4. The number of hydrogen-bond acceptors (Lipinski definition) is 6. The maximum Gasteiger partial charge on any atom is 0.169 e. The number of allylic oxidation sites excluding steroid dienone is 2. The van der Waals surface area contributed by atoms with Crippen molar-refractivity contribution in [2.45, 2.75) is 38.8 Å². The van der Waals surface area contributed by atoms with Gasteiger partial charge >= 0.3 is 0 Å². The number of halogens is 2. The summed E-state index contributed by atoms with van der Waals surface area (Å²) in [5.41, 5.74) is 10.5. The Bertz CT molecular complexity index is 2030. The monoisotopic (exact) mass is 840 g/mol. The summed E-state index contributed by atoms with van der Waals surface area (Å²) in [6.45, 7) is 1.79. The van der Waals surface area contributed by atoms with E-state index in [0.717, 1.165) is 72.7 Å². The minimum absolute atomic E-state index is 0. The maximum atomic E-state index is 4.96. The molecular weight excluding hydrogens is 800 g/mol. The number of para-hydroxylation sites is 4. The van der Waals surface area contributed by atoms with Crippen molar-refractivity contribution in [1.29, 1.82) is 0 Å². The number of anilines is 2. The molecule has 7 rings (SSSR count). The SMILES string of the molecule is C1=Nc2ccccc2N/C=C(/CCC[n+]2ccc(-c3ccncc3)cc2)C=Nc2ccccc2N/C=C\1CCC[n+]1ccc(-c2ccncc2)cc1.[Br-].[Br-]. The predicted octanol–water partition coefficient (Wildman–Crippen LogP) is 3.06. The molecule has 0 saturated heterocycles. The van der Waals surface area contributed by atoms with Crippen LogP contribution in [0, 0.1) is 0 Å². The number of aliphatic imine (C=N–C) groups is 2. The van der Waals surface area contributed by atoms with Crippen LogP contribution in [-0.4, -0.2) is 22.4 Å². The molecule has 0 fully saturated rings. The van der Waals surface area contributed by atoms with Crippen LogP contribution in [0.1, 0.15) is 25.7 Å². The van der Waals surface area contributed by atoms with Gasteiger partial charge in [0.2, 0.25) is 0 Å². The highest BCUT2D eigenvalue weighted by Crippen LogP contribution is 2.28. The van der Waals surface area contributed by atoms with Gasteiger partial charge in [-0.1, -0.05) is 24.3 Å². The summed E-state index contributed by atoms with van der Waals surface area (Å²) in [7, 11) is 0. The van der Waals surface area contributed by atoms with E-state index in [2.05, 4.69) is 103 Å². The summed E-state index contributed by atoms with van der Waals surface area (Å²) in [4.78, 5) is 18.2. The van der Waals surface area contributed by atoms with Crippen LogP contribution in [0.15, 0.2) is 180 Å². The summed E-state index contributed by atoms with van der Waals surface area (Å²) < 4.78 is 4.45. The first-order valence-electron chi connectivity index (χ1n) is 17.7. The number of nitrogens with zero attached hydrogens (tertiary/aromatic N) is 6. The molecule has 0 amide bonds. The topological polar surface area (TPSA) is 82.3 Å². The maximum absolute atomic E-state index is 4.96. The second-order valence-electron chi connectivity index (χ2n) is 12.6. The molecule has 0 atom stereocenters. The van der Waals surface area contributed by atoms with E-state index in [1.54, 1.807) is 0 Å². The Morgan fingerprint density at radius 3 is 1.22 bits per heavy atom. The van der Waals surface area contributed by atoms with Crippen molar-refractivity contribution < 1.29 is 43.1 Å². The van der Waals surface area contributed by atoms with Crippen LogP contribution >= 0.6 is 0 Å². The molecule has 6 aromatic rings. The molecular formula is C44H42Br2N8. The van der Waals surface area contributed by atoms with Gasteiger partial charge in [-0.05, 0) is 94.8 Å². The molecule has 0 saturated carbocycles. The summed E-state index contributed by atoms with van der Waals surface area (Å²) in [5, 5.41) is 7.08. The van der Waals surface area contributed by atoms with Crippen LogP contribution in [0.2, 0.25) is 0 Å². The molecule has 0 unspecified atom stereocenters. The Labute approximate surface area is 338 Å². The number of fused-ring (bicyclic) bond motifs is 2. The summed E-state index contributed by atoms with van der Waals surface area (Å²) in [6, 6.07) is 33.1. The van der Waals surface area contributed by atoms with Crippen molar-refractivity contribution in [2.75, 3.05) is 10.6 Å². The van der Waals surface area contributed by atoms with Crippen molar-refractivity contribution in [3.63, 3.8) is 0 Å². The lowest BCUT2D eigenvalue weighted by molar-refractivity contribution is -0.697.